The van der Waals surface area contributed by atoms with Gasteiger partial charge in [0.1, 0.15) is 10.3 Å². The molecule has 0 atom stereocenters. The molecule has 0 aliphatic carbocycles. The Morgan fingerprint density at radius 1 is 1.25 bits per heavy atom. The Hall–Kier alpha value is -1.62. The van der Waals surface area contributed by atoms with Crippen LogP contribution < -0.4 is 5.32 Å². The first-order valence-corrected chi connectivity index (χ1v) is 6.57. The zero-order chi connectivity index (χ0) is 14.5. The van der Waals surface area contributed by atoms with Gasteiger partial charge in [-0.3, -0.25) is 4.79 Å². The molecular weight excluding hydrogens is 299 g/mol. The predicted octanol–water partition coefficient (Wildman–Crippen LogP) is 3.79. The van der Waals surface area contributed by atoms with Crippen molar-refractivity contribution in [2.75, 3.05) is 12.4 Å². The van der Waals surface area contributed by atoms with Gasteiger partial charge < -0.3 is 10.1 Å². The van der Waals surface area contributed by atoms with Crippen molar-refractivity contribution in [3.63, 3.8) is 0 Å². The molecule has 0 aliphatic rings. The minimum Gasteiger partial charge on any atom is -0.380 e. The van der Waals surface area contributed by atoms with E-state index in [9.17, 15) is 4.79 Å². The zero-order valence-corrected chi connectivity index (χ0v) is 12.2. The summed E-state index contributed by atoms with van der Waals surface area (Å²) in [7, 11) is 1.60. The lowest BCUT2D eigenvalue weighted by molar-refractivity contribution is 0.102. The van der Waals surface area contributed by atoms with Crippen molar-refractivity contribution in [3.05, 3.63) is 57.8 Å². The van der Waals surface area contributed by atoms with Gasteiger partial charge in [0.05, 0.1) is 6.61 Å². The van der Waals surface area contributed by atoms with Crippen LogP contribution in [-0.2, 0) is 11.3 Å². The van der Waals surface area contributed by atoms with E-state index in [0.29, 0.717) is 17.9 Å². The maximum Gasteiger partial charge on any atom is 0.255 e. The summed E-state index contributed by atoms with van der Waals surface area (Å²) in [4.78, 5) is 16.0. The van der Waals surface area contributed by atoms with Crippen molar-refractivity contribution >= 4 is 34.8 Å². The lowest BCUT2D eigenvalue weighted by Crippen LogP contribution is -2.13. The van der Waals surface area contributed by atoms with E-state index < -0.39 is 0 Å². The van der Waals surface area contributed by atoms with Crippen molar-refractivity contribution in [1.82, 2.24) is 4.98 Å². The van der Waals surface area contributed by atoms with Gasteiger partial charge in [0.15, 0.2) is 0 Å². The van der Waals surface area contributed by atoms with E-state index in [4.69, 9.17) is 27.9 Å². The van der Waals surface area contributed by atoms with Gasteiger partial charge in [-0.05, 0) is 18.2 Å². The molecular formula is C14H12Cl2N2O2. The predicted molar refractivity (Wildman–Crippen MR) is 79.4 cm³/mol. The first kappa shape index (κ1) is 14.8. The number of nitrogens with one attached hydrogen (secondary N) is 1. The summed E-state index contributed by atoms with van der Waals surface area (Å²) in [5.74, 6) is -0.306. The highest BCUT2D eigenvalue weighted by atomic mass is 35.5. The normalized spacial score (nSPS) is 10.3. The molecule has 6 heteroatoms. The highest BCUT2D eigenvalue weighted by molar-refractivity contribution is 6.33. The van der Waals surface area contributed by atoms with Gasteiger partial charge >= 0.3 is 0 Å². The van der Waals surface area contributed by atoms with Crippen LogP contribution in [0.25, 0.3) is 0 Å². The first-order chi connectivity index (χ1) is 9.60. The zero-order valence-electron chi connectivity index (χ0n) is 10.7. The van der Waals surface area contributed by atoms with Gasteiger partial charge in [0.2, 0.25) is 0 Å². The minimum atomic E-state index is -0.306. The molecule has 1 amide bonds. The van der Waals surface area contributed by atoms with Crippen molar-refractivity contribution in [2.45, 2.75) is 6.61 Å². The molecule has 4 nitrogen and oxygen atoms in total. The monoisotopic (exact) mass is 310 g/mol. The van der Waals surface area contributed by atoms with Crippen LogP contribution in [0, 0.1) is 0 Å². The number of halogens is 2. The summed E-state index contributed by atoms with van der Waals surface area (Å²) in [5.41, 5.74) is 1.92. The van der Waals surface area contributed by atoms with Crippen LogP contribution in [0.1, 0.15) is 15.9 Å². The number of nitrogens with zero attached hydrogens (tertiary/aromatic N) is 1. The topological polar surface area (TPSA) is 51.2 Å². The summed E-state index contributed by atoms with van der Waals surface area (Å²) in [6.45, 7) is 0.411. The van der Waals surface area contributed by atoms with Crippen molar-refractivity contribution in [2.24, 2.45) is 0 Å². The van der Waals surface area contributed by atoms with E-state index in [2.05, 4.69) is 10.3 Å². The Balaban J connectivity index is 2.23. The minimum absolute atomic E-state index is 0.174. The third-order valence-electron chi connectivity index (χ3n) is 2.59. The molecule has 1 N–H and O–H groups in total. The Bertz CT molecular complexity index is 612. The highest BCUT2D eigenvalue weighted by Gasteiger charge is 2.11. The Morgan fingerprint density at radius 3 is 2.55 bits per heavy atom. The average Bonchev–Trinajstić information content (AvgIpc) is 2.40. The Labute approximate surface area is 126 Å². The van der Waals surface area contributed by atoms with Crippen LogP contribution in [0.2, 0.25) is 10.3 Å². The molecule has 2 rings (SSSR count). The van der Waals surface area contributed by atoms with E-state index in [1.807, 2.05) is 18.2 Å². The number of carbonyl (C=O) groups is 1. The molecule has 2 aromatic rings. The van der Waals surface area contributed by atoms with Gasteiger partial charge in [0, 0.05) is 23.9 Å². The molecule has 1 aromatic carbocycles. The summed E-state index contributed by atoms with van der Waals surface area (Å²) in [6, 6.07) is 10.3. The lowest BCUT2D eigenvalue weighted by atomic mass is 10.1. The number of rotatable bonds is 4. The smallest absolute Gasteiger partial charge is 0.255 e. The van der Waals surface area contributed by atoms with E-state index >= 15 is 0 Å². The largest absolute Gasteiger partial charge is 0.380 e. The van der Waals surface area contributed by atoms with Crippen LogP contribution in [0.4, 0.5) is 5.69 Å². The van der Waals surface area contributed by atoms with Crippen LogP contribution in [0.5, 0.6) is 0 Å². The fraction of sp³-hybridized carbons (Fsp3) is 0.143. The van der Waals surface area contributed by atoms with Gasteiger partial charge in [-0.15, -0.1) is 0 Å². The summed E-state index contributed by atoms with van der Waals surface area (Å²) in [5, 5.41) is 3.15. The van der Waals surface area contributed by atoms with Crippen LogP contribution >= 0.6 is 23.2 Å². The molecule has 0 unspecified atom stereocenters. The molecule has 0 saturated carbocycles. The molecule has 0 fully saturated rings. The fourth-order valence-corrected chi connectivity index (χ4v) is 2.17. The Morgan fingerprint density at radius 2 is 1.90 bits per heavy atom. The maximum atomic E-state index is 12.2. The molecule has 20 heavy (non-hydrogen) atoms. The van der Waals surface area contributed by atoms with Gasteiger partial charge in [0.25, 0.3) is 5.91 Å². The second kappa shape index (κ2) is 6.70. The highest BCUT2D eigenvalue weighted by Crippen LogP contribution is 2.19. The second-order valence-electron chi connectivity index (χ2n) is 4.05. The average molecular weight is 311 g/mol. The fourth-order valence-electron chi connectivity index (χ4n) is 1.71. The maximum absolute atomic E-state index is 12.2. The van der Waals surface area contributed by atoms with Crippen LogP contribution in [0.3, 0.4) is 0 Å². The third-order valence-corrected chi connectivity index (χ3v) is 2.98. The Kier molecular flexibility index (Phi) is 4.95. The number of methoxy groups -OCH3 is 1. The molecule has 1 heterocycles. The van der Waals surface area contributed by atoms with Crippen molar-refractivity contribution < 1.29 is 9.53 Å². The number of anilines is 1. The molecule has 0 saturated heterocycles. The quantitative estimate of drug-likeness (QED) is 0.874. The van der Waals surface area contributed by atoms with E-state index in [-0.39, 0.29) is 16.2 Å². The summed E-state index contributed by atoms with van der Waals surface area (Å²) < 4.78 is 5.09. The summed E-state index contributed by atoms with van der Waals surface area (Å²) >= 11 is 11.6. The number of pyridine rings is 1. The third kappa shape index (κ3) is 3.70. The first-order valence-electron chi connectivity index (χ1n) is 5.81. The standard InChI is InChI=1S/C14H12Cl2N2O2/c1-20-8-9-4-2-3-5-11(9)17-14(19)10-6-12(15)18-13(16)7-10/h2-7H,8H2,1H3,(H,17,19). The molecule has 0 bridgehead atoms. The van der Waals surface area contributed by atoms with E-state index in [1.54, 1.807) is 13.2 Å². The SMILES string of the molecule is COCc1ccccc1NC(=O)c1cc(Cl)nc(Cl)c1. The second-order valence-corrected chi connectivity index (χ2v) is 4.82. The number of para-hydroxylation sites is 1. The van der Waals surface area contributed by atoms with Crippen LogP contribution in [0.15, 0.2) is 36.4 Å². The number of hydrogen-bond acceptors (Lipinski definition) is 3. The molecule has 0 aliphatic heterocycles. The van der Waals surface area contributed by atoms with Gasteiger partial charge in [-0.1, -0.05) is 41.4 Å². The number of carbonyl (C=O) groups excluding carboxylic acids is 1. The molecule has 0 spiro atoms. The van der Waals surface area contributed by atoms with Gasteiger partial charge in [-0.25, -0.2) is 4.98 Å². The number of aromatic nitrogens is 1. The number of ether oxygens (including phenoxy) is 1. The van der Waals surface area contributed by atoms with Crippen molar-refractivity contribution in [1.29, 1.82) is 0 Å². The summed E-state index contributed by atoms with van der Waals surface area (Å²) in [6.07, 6.45) is 0. The van der Waals surface area contributed by atoms with E-state index in [0.717, 1.165) is 5.56 Å². The molecule has 1 aromatic heterocycles. The molecule has 0 radical (unpaired) electrons. The number of benzene rings is 1. The van der Waals surface area contributed by atoms with E-state index in [1.165, 1.54) is 12.1 Å². The van der Waals surface area contributed by atoms with Crippen molar-refractivity contribution in [3.8, 4) is 0 Å². The number of hydrogen-bond donors (Lipinski definition) is 1. The molecule has 104 valence electrons. The van der Waals surface area contributed by atoms with Gasteiger partial charge in [-0.2, -0.15) is 0 Å². The van der Waals surface area contributed by atoms with Crippen LogP contribution in [-0.4, -0.2) is 18.0 Å². The lowest BCUT2D eigenvalue weighted by Gasteiger charge is -2.10. The number of amides is 1.